The van der Waals surface area contributed by atoms with Gasteiger partial charge in [0.15, 0.2) is 0 Å². The second kappa shape index (κ2) is 7.31. The van der Waals surface area contributed by atoms with Crippen molar-refractivity contribution in [1.82, 2.24) is 14.7 Å². The number of nitrogens with one attached hydrogen (secondary N) is 1. The third-order valence-corrected chi connectivity index (χ3v) is 4.55. The van der Waals surface area contributed by atoms with Crippen molar-refractivity contribution >= 4 is 17.4 Å². The van der Waals surface area contributed by atoms with Gasteiger partial charge in [-0.1, -0.05) is 24.3 Å². The Morgan fingerprint density at radius 1 is 0.885 bits per heavy atom. The van der Waals surface area contributed by atoms with Gasteiger partial charge in [0.1, 0.15) is 0 Å². The zero-order valence-corrected chi connectivity index (χ0v) is 14.5. The Morgan fingerprint density at radius 3 is 2.38 bits per heavy atom. The highest BCUT2D eigenvalue weighted by Gasteiger charge is 2.21. The fraction of sp³-hybridized carbons (Fsp3) is 0.200. The zero-order valence-electron chi connectivity index (χ0n) is 14.5. The molecule has 0 unspecified atom stereocenters. The standard InChI is InChI=1S/C20H21N5O/c26-20(22-17-6-4-9-19(16-17)25-11-5-10-21-25)24-14-12-23(13-15-24)18-7-2-1-3-8-18/h1-11,16H,12-15H2,(H,22,26). The number of aromatic nitrogens is 2. The van der Waals surface area contributed by atoms with Gasteiger partial charge in [0, 0.05) is 49.9 Å². The van der Waals surface area contributed by atoms with Gasteiger partial charge < -0.3 is 15.1 Å². The number of urea groups is 1. The third kappa shape index (κ3) is 3.54. The monoisotopic (exact) mass is 347 g/mol. The van der Waals surface area contributed by atoms with E-state index in [1.165, 1.54) is 5.69 Å². The maximum atomic E-state index is 12.6. The van der Waals surface area contributed by atoms with Gasteiger partial charge >= 0.3 is 6.03 Å². The first-order chi connectivity index (χ1) is 12.8. The highest BCUT2D eigenvalue weighted by Crippen LogP contribution is 2.17. The molecule has 0 saturated carbocycles. The first-order valence-electron chi connectivity index (χ1n) is 8.75. The number of carbonyl (C=O) groups is 1. The van der Waals surface area contributed by atoms with Crippen LogP contribution in [0.15, 0.2) is 73.1 Å². The Bertz CT molecular complexity index is 855. The van der Waals surface area contributed by atoms with Crippen molar-refractivity contribution in [1.29, 1.82) is 0 Å². The van der Waals surface area contributed by atoms with E-state index in [1.54, 1.807) is 10.9 Å². The lowest BCUT2D eigenvalue weighted by Gasteiger charge is -2.36. The summed E-state index contributed by atoms with van der Waals surface area (Å²) in [6.07, 6.45) is 3.61. The van der Waals surface area contributed by atoms with Crippen LogP contribution in [0.2, 0.25) is 0 Å². The van der Waals surface area contributed by atoms with Crippen molar-refractivity contribution in [3.8, 4) is 5.69 Å². The number of amides is 2. The van der Waals surface area contributed by atoms with E-state index in [1.807, 2.05) is 59.6 Å². The van der Waals surface area contributed by atoms with E-state index in [2.05, 4.69) is 27.4 Å². The lowest BCUT2D eigenvalue weighted by molar-refractivity contribution is 0.208. The largest absolute Gasteiger partial charge is 0.368 e. The second-order valence-corrected chi connectivity index (χ2v) is 6.24. The van der Waals surface area contributed by atoms with Crippen LogP contribution >= 0.6 is 0 Å². The highest BCUT2D eigenvalue weighted by molar-refractivity contribution is 5.89. The molecule has 4 rings (SSSR count). The summed E-state index contributed by atoms with van der Waals surface area (Å²) < 4.78 is 1.77. The van der Waals surface area contributed by atoms with Crippen molar-refractivity contribution in [3.63, 3.8) is 0 Å². The van der Waals surface area contributed by atoms with E-state index in [9.17, 15) is 4.79 Å². The van der Waals surface area contributed by atoms with Gasteiger partial charge in [-0.05, 0) is 36.4 Å². The van der Waals surface area contributed by atoms with E-state index >= 15 is 0 Å². The molecule has 2 amide bonds. The molecule has 1 aliphatic heterocycles. The maximum absolute atomic E-state index is 12.6. The van der Waals surface area contributed by atoms with E-state index in [0.717, 1.165) is 24.5 Å². The average molecular weight is 347 g/mol. The molecule has 2 heterocycles. The quantitative estimate of drug-likeness (QED) is 0.791. The number of benzene rings is 2. The van der Waals surface area contributed by atoms with Crippen LogP contribution in [0, 0.1) is 0 Å². The molecule has 6 heteroatoms. The van der Waals surface area contributed by atoms with Crippen molar-refractivity contribution in [3.05, 3.63) is 73.1 Å². The molecule has 0 atom stereocenters. The molecule has 132 valence electrons. The predicted molar refractivity (Wildman–Crippen MR) is 103 cm³/mol. The fourth-order valence-electron chi connectivity index (χ4n) is 3.16. The first-order valence-corrected chi connectivity index (χ1v) is 8.75. The number of piperazine rings is 1. The molecule has 1 fully saturated rings. The minimum Gasteiger partial charge on any atom is -0.368 e. The maximum Gasteiger partial charge on any atom is 0.321 e. The number of anilines is 2. The number of nitrogens with zero attached hydrogens (tertiary/aromatic N) is 4. The SMILES string of the molecule is O=C(Nc1cccc(-n2cccn2)c1)N1CCN(c2ccccc2)CC1. The van der Waals surface area contributed by atoms with E-state index < -0.39 is 0 Å². The molecule has 26 heavy (non-hydrogen) atoms. The number of hydrogen-bond acceptors (Lipinski definition) is 3. The molecule has 2 aromatic carbocycles. The van der Waals surface area contributed by atoms with Gasteiger partial charge in [0.2, 0.25) is 0 Å². The summed E-state index contributed by atoms with van der Waals surface area (Å²) in [5.74, 6) is 0. The van der Waals surface area contributed by atoms with Crippen LogP contribution in [0.4, 0.5) is 16.2 Å². The van der Waals surface area contributed by atoms with Crippen molar-refractivity contribution < 1.29 is 4.79 Å². The summed E-state index contributed by atoms with van der Waals surface area (Å²) >= 11 is 0. The zero-order chi connectivity index (χ0) is 17.8. The summed E-state index contributed by atoms with van der Waals surface area (Å²) in [6, 6.07) is 19.8. The smallest absolute Gasteiger partial charge is 0.321 e. The first kappa shape index (κ1) is 16.2. The molecule has 1 aliphatic rings. The lowest BCUT2D eigenvalue weighted by atomic mass is 10.2. The Kier molecular flexibility index (Phi) is 4.55. The molecular weight excluding hydrogens is 326 g/mol. The number of carbonyl (C=O) groups excluding carboxylic acids is 1. The van der Waals surface area contributed by atoms with Gasteiger partial charge in [0.25, 0.3) is 0 Å². The third-order valence-electron chi connectivity index (χ3n) is 4.55. The van der Waals surface area contributed by atoms with Gasteiger partial charge in [-0.3, -0.25) is 0 Å². The Balaban J connectivity index is 1.37. The van der Waals surface area contributed by atoms with Crippen molar-refractivity contribution in [2.24, 2.45) is 0 Å². The van der Waals surface area contributed by atoms with Gasteiger partial charge in [0.05, 0.1) is 5.69 Å². The van der Waals surface area contributed by atoms with Gasteiger partial charge in [-0.25, -0.2) is 9.48 Å². The molecular formula is C20H21N5O. The molecule has 0 aliphatic carbocycles. The molecule has 1 N–H and O–H groups in total. The average Bonchev–Trinajstić information content (AvgIpc) is 3.24. The molecule has 0 spiro atoms. The highest BCUT2D eigenvalue weighted by atomic mass is 16.2. The Hall–Kier alpha value is -3.28. The summed E-state index contributed by atoms with van der Waals surface area (Å²) in [5.41, 5.74) is 2.90. The van der Waals surface area contributed by atoms with Gasteiger partial charge in [-0.15, -0.1) is 0 Å². The second-order valence-electron chi connectivity index (χ2n) is 6.24. The molecule has 3 aromatic rings. The lowest BCUT2D eigenvalue weighted by Crippen LogP contribution is -2.50. The van der Waals surface area contributed by atoms with Crippen LogP contribution in [-0.2, 0) is 0 Å². The number of para-hydroxylation sites is 1. The van der Waals surface area contributed by atoms with Crippen molar-refractivity contribution in [2.45, 2.75) is 0 Å². The fourth-order valence-corrected chi connectivity index (χ4v) is 3.16. The van der Waals surface area contributed by atoms with Crippen LogP contribution in [0.3, 0.4) is 0 Å². The molecule has 1 aromatic heterocycles. The van der Waals surface area contributed by atoms with E-state index in [0.29, 0.717) is 13.1 Å². The van der Waals surface area contributed by atoms with Crippen LogP contribution in [-0.4, -0.2) is 46.9 Å². The number of hydrogen-bond donors (Lipinski definition) is 1. The Labute approximate surface area is 152 Å². The molecule has 0 radical (unpaired) electrons. The van der Waals surface area contributed by atoms with Crippen LogP contribution in [0.1, 0.15) is 0 Å². The van der Waals surface area contributed by atoms with Crippen molar-refractivity contribution in [2.75, 3.05) is 36.4 Å². The minimum absolute atomic E-state index is 0.0599. The summed E-state index contributed by atoms with van der Waals surface area (Å²) in [6.45, 7) is 3.09. The van der Waals surface area contributed by atoms with Crippen LogP contribution in [0.25, 0.3) is 5.69 Å². The topological polar surface area (TPSA) is 53.4 Å². The van der Waals surface area contributed by atoms with E-state index in [4.69, 9.17) is 0 Å². The molecule has 0 bridgehead atoms. The van der Waals surface area contributed by atoms with E-state index in [-0.39, 0.29) is 6.03 Å². The van der Waals surface area contributed by atoms with Crippen LogP contribution < -0.4 is 10.2 Å². The van der Waals surface area contributed by atoms with Crippen LogP contribution in [0.5, 0.6) is 0 Å². The summed E-state index contributed by atoms with van der Waals surface area (Å²) in [4.78, 5) is 16.8. The summed E-state index contributed by atoms with van der Waals surface area (Å²) in [5, 5.41) is 7.22. The predicted octanol–water partition coefficient (Wildman–Crippen LogP) is 3.23. The normalized spacial score (nSPS) is 14.3. The van der Waals surface area contributed by atoms with Gasteiger partial charge in [-0.2, -0.15) is 5.10 Å². The minimum atomic E-state index is -0.0599. The Morgan fingerprint density at radius 2 is 1.65 bits per heavy atom. The molecule has 1 saturated heterocycles. The summed E-state index contributed by atoms with van der Waals surface area (Å²) in [7, 11) is 0. The number of rotatable bonds is 3. The molecule has 6 nitrogen and oxygen atoms in total.